The van der Waals surface area contributed by atoms with Gasteiger partial charge in [-0.25, -0.2) is 0 Å². The lowest BCUT2D eigenvalue weighted by Crippen LogP contribution is -2.50. The molecule has 1 heterocycles. The number of nitrogens with zero attached hydrogens (tertiary/aromatic N) is 1. The van der Waals surface area contributed by atoms with Gasteiger partial charge in [0.2, 0.25) is 0 Å². The molecule has 0 spiro atoms. The summed E-state index contributed by atoms with van der Waals surface area (Å²) in [4.78, 5) is 2.31. The molecule has 1 fully saturated rings. The van der Waals surface area contributed by atoms with Crippen molar-refractivity contribution in [3.8, 4) is 0 Å². The lowest BCUT2D eigenvalue weighted by atomic mass is 9.92. The topological polar surface area (TPSA) is 21.7 Å². The molecule has 3 heteroatoms. The third-order valence-corrected chi connectivity index (χ3v) is 11.7. The van der Waals surface area contributed by atoms with Gasteiger partial charge in [-0.05, 0) is 123 Å². The summed E-state index contributed by atoms with van der Waals surface area (Å²) in [5, 5.41) is 0. The maximum Gasteiger partial charge on any atom is 0.0854 e. The maximum absolute atomic E-state index is 7.11. The number of hydrogen-bond donors (Lipinski definition) is 0. The second-order valence-corrected chi connectivity index (χ2v) is 17.2. The molecule has 2 rings (SSSR count). The average molecular weight is 750 g/mol. The van der Waals surface area contributed by atoms with Crippen LogP contribution >= 0.6 is 0 Å². The maximum atomic E-state index is 7.11. The van der Waals surface area contributed by atoms with Crippen molar-refractivity contribution in [2.75, 3.05) is 20.6 Å². The van der Waals surface area contributed by atoms with Gasteiger partial charge in [-0.15, -0.1) is 0 Å². The van der Waals surface area contributed by atoms with Crippen LogP contribution in [-0.4, -0.2) is 50.0 Å². The molecule has 1 saturated heterocycles. The molecule has 0 saturated carbocycles. The van der Waals surface area contributed by atoms with Crippen molar-refractivity contribution in [1.29, 1.82) is 0 Å². The van der Waals surface area contributed by atoms with Gasteiger partial charge in [0, 0.05) is 6.54 Å². The van der Waals surface area contributed by atoms with Crippen LogP contribution in [0.5, 0.6) is 0 Å². The van der Waals surface area contributed by atoms with E-state index in [1.807, 2.05) is 0 Å². The fourth-order valence-corrected chi connectivity index (χ4v) is 7.93. The van der Waals surface area contributed by atoms with Crippen LogP contribution in [0.1, 0.15) is 213 Å². The van der Waals surface area contributed by atoms with Crippen molar-refractivity contribution >= 4 is 0 Å². The summed E-state index contributed by atoms with van der Waals surface area (Å²) in [6, 6.07) is 0. The summed E-state index contributed by atoms with van der Waals surface area (Å²) in [5.41, 5.74) is 1.66. The first-order valence-corrected chi connectivity index (χ1v) is 23.8. The van der Waals surface area contributed by atoms with E-state index in [4.69, 9.17) is 9.47 Å². The highest BCUT2D eigenvalue weighted by Crippen LogP contribution is 2.35. The van der Waals surface area contributed by atoms with Gasteiger partial charge < -0.3 is 14.4 Å². The molecule has 0 aromatic rings. The van der Waals surface area contributed by atoms with E-state index < -0.39 is 0 Å². The molecule has 0 bridgehead atoms. The molecule has 2 aliphatic rings. The van der Waals surface area contributed by atoms with Gasteiger partial charge >= 0.3 is 0 Å². The van der Waals surface area contributed by atoms with Gasteiger partial charge in [0.1, 0.15) is 0 Å². The predicted octanol–water partition coefficient (Wildman–Crippen LogP) is 15.6. The largest absolute Gasteiger partial charge is 0.370 e. The zero-order chi connectivity index (χ0) is 38.7. The third-order valence-electron chi connectivity index (χ3n) is 11.7. The first-order valence-electron chi connectivity index (χ1n) is 23.8. The van der Waals surface area contributed by atoms with Gasteiger partial charge in [0.25, 0.3) is 0 Å². The van der Waals surface area contributed by atoms with Crippen LogP contribution in [0, 0.1) is 5.92 Å². The standard InChI is InChI=1S/C51H91NO2/c1-6-8-10-12-14-16-18-20-22-24-26-28-30-32-34-36-38-48-49(39-37-35-33-31-29-27-25-23-21-19-17-15-13-11-9-7-2)54-51(44-45-52(4)5)50(53-48)43-40-46(3)47-41-42-47/h14-17,20-23,41,46,48-51H,6-13,18-19,24-40,42-45H2,1-5H3. The van der Waals surface area contributed by atoms with E-state index >= 15 is 0 Å². The van der Waals surface area contributed by atoms with Crippen molar-refractivity contribution in [1.82, 2.24) is 4.90 Å². The smallest absolute Gasteiger partial charge is 0.0854 e. The van der Waals surface area contributed by atoms with Crippen molar-refractivity contribution in [3.63, 3.8) is 0 Å². The van der Waals surface area contributed by atoms with E-state index in [-0.39, 0.29) is 24.4 Å². The molecule has 0 radical (unpaired) electrons. The van der Waals surface area contributed by atoms with Gasteiger partial charge in [0.15, 0.2) is 0 Å². The number of ether oxygens (including phenoxy) is 2. The summed E-state index contributed by atoms with van der Waals surface area (Å²) in [6.45, 7) is 8.03. The molecule has 3 nitrogen and oxygen atoms in total. The van der Waals surface area contributed by atoms with E-state index in [9.17, 15) is 0 Å². The molecule has 0 aromatic carbocycles. The Bertz CT molecular complexity index is 991. The molecule has 1 aliphatic heterocycles. The Morgan fingerprint density at radius 2 is 0.889 bits per heavy atom. The molecule has 0 aromatic heterocycles. The van der Waals surface area contributed by atoms with Crippen molar-refractivity contribution in [2.45, 2.75) is 238 Å². The second kappa shape index (κ2) is 34.8. The van der Waals surface area contributed by atoms with Crippen molar-refractivity contribution in [3.05, 3.63) is 60.3 Å². The lowest BCUT2D eigenvalue weighted by Gasteiger charge is -2.43. The van der Waals surface area contributed by atoms with Crippen molar-refractivity contribution < 1.29 is 9.47 Å². The Labute approximate surface area is 338 Å². The Balaban J connectivity index is 1.71. The number of rotatable bonds is 37. The Morgan fingerprint density at radius 1 is 0.519 bits per heavy atom. The summed E-state index contributed by atoms with van der Waals surface area (Å²) < 4.78 is 14.2. The molecule has 312 valence electrons. The van der Waals surface area contributed by atoms with E-state index in [1.54, 1.807) is 5.57 Å². The number of unbranched alkanes of at least 4 members (excludes halogenated alkanes) is 18. The molecule has 0 amide bonds. The molecule has 1 aliphatic carbocycles. The highest BCUT2D eigenvalue weighted by atomic mass is 16.6. The highest BCUT2D eigenvalue weighted by Gasteiger charge is 2.38. The van der Waals surface area contributed by atoms with Crippen LogP contribution in [0.4, 0.5) is 0 Å². The number of allylic oxidation sites excluding steroid dienone is 10. The van der Waals surface area contributed by atoms with Gasteiger partial charge in [-0.1, -0.05) is 171 Å². The van der Waals surface area contributed by atoms with Gasteiger partial charge in [-0.3, -0.25) is 0 Å². The minimum atomic E-state index is 0.231. The monoisotopic (exact) mass is 750 g/mol. The molecule has 54 heavy (non-hydrogen) atoms. The molecule has 5 unspecified atom stereocenters. The van der Waals surface area contributed by atoms with E-state index in [0.717, 1.165) is 38.6 Å². The SMILES string of the molecule is CCCCCC=CCC=CCCCCCCCCC1OC(CCC(C)C2=CC2)C(CCN(C)C)OC1CCCCCCCCC=CCC=CCCCCC. The van der Waals surface area contributed by atoms with E-state index in [1.165, 1.54) is 161 Å². The fraction of sp³-hybridized carbons (Fsp3) is 0.804. The number of hydrogen-bond acceptors (Lipinski definition) is 3. The normalized spacial score (nSPS) is 21.1. The van der Waals surface area contributed by atoms with Crippen LogP contribution in [0.15, 0.2) is 60.3 Å². The lowest BCUT2D eigenvalue weighted by molar-refractivity contribution is -0.227. The fourth-order valence-electron chi connectivity index (χ4n) is 7.93. The Hall–Kier alpha value is -1.42. The Morgan fingerprint density at radius 3 is 1.30 bits per heavy atom. The summed E-state index contributed by atoms with van der Waals surface area (Å²) in [6.07, 6.45) is 60.6. The van der Waals surface area contributed by atoms with Gasteiger partial charge in [0.05, 0.1) is 24.4 Å². The van der Waals surface area contributed by atoms with Crippen molar-refractivity contribution in [2.24, 2.45) is 5.92 Å². The van der Waals surface area contributed by atoms with Crippen LogP contribution in [0.2, 0.25) is 0 Å². The molecular weight excluding hydrogens is 659 g/mol. The summed E-state index contributed by atoms with van der Waals surface area (Å²) in [5.74, 6) is 0.699. The van der Waals surface area contributed by atoms with Crippen LogP contribution in [0.25, 0.3) is 0 Å². The average Bonchev–Trinajstić information content (AvgIpc) is 4.02. The first-order chi connectivity index (χ1) is 26.5. The summed E-state index contributed by atoms with van der Waals surface area (Å²) in [7, 11) is 4.38. The zero-order valence-corrected chi connectivity index (χ0v) is 36.8. The minimum Gasteiger partial charge on any atom is -0.370 e. The predicted molar refractivity (Wildman–Crippen MR) is 240 cm³/mol. The first kappa shape index (κ1) is 48.7. The third kappa shape index (κ3) is 27.2. The van der Waals surface area contributed by atoms with Gasteiger partial charge in [-0.2, -0.15) is 0 Å². The quantitative estimate of drug-likeness (QED) is 0.0466. The second-order valence-electron chi connectivity index (χ2n) is 17.2. The summed E-state index contributed by atoms with van der Waals surface area (Å²) >= 11 is 0. The van der Waals surface area contributed by atoms with E-state index in [0.29, 0.717) is 5.92 Å². The zero-order valence-electron chi connectivity index (χ0n) is 36.8. The molecular formula is C51H91NO2. The molecule has 5 atom stereocenters. The van der Waals surface area contributed by atoms with Crippen LogP contribution in [0.3, 0.4) is 0 Å². The molecule has 0 N–H and O–H groups in total. The van der Waals surface area contributed by atoms with E-state index in [2.05, 4.69) is 94.5 Å². The highest BCUT2D eigenvalue weighted by molar-refractivity contribution is 5.24. The Kier molecular flexibility index (Phi) is 31.4. The van der Waals surface area contributed by atoms with Crippen LogP contribution in [-0.2, 0) is 9.47 Å². The minimum absolute atomic E-state index is 0.231. The van der Waals surface area contributed by atoms with Crippen LogP contribution < -0.4 is 0 Å².